The van der Waals surface area contributed by atoms with Gasteiger partial charge in [0.2, 0.25) is 5.89 Å². The first-order valence-corrected chi connectivity index (χ1v) is 9.65. The second kappa shape index (κ2) is 6.84. The summed E-state index contributed by atoms with van der Waals surface area (Å²) in [7, 11) is -3.34. The maximum absolute atomic E-state index is 12.8. The summed E-state index contributed by atoms with van der Waals surface area (Å²) in [5.41, 5.74) is 0. The first-order chi connectivity index (χ1) is 11.0. The van der Waals surface area contributed by atoms with E-state index in [0.29, 0.717) is 51.0 Å². The summed E-state index contributed by atoms with van der Waals surface area (Å²) in [6.07, 6.45) is 3.03. The molecule has 3 heterocycles. The van der Waals surface area contributed by atoms with Crippen molar-refractivity contribution in [3.05, 3.63) is 11.7 Å². The van der Waals surface area contributed by atoms with E-state index in [2.05, 4.69) is 15.0 Å². The Kier molecular flexibility index (Phi) is 5.00. The molecule has 0 saturated carbocycles. The molecule has 0 bridgehead atoms. The van der Waals surface area contributed by atoms with Gasteiger partial charge in [0.1, 0.15) is 0 Å². The third-order valence-electron chi connectivity index (χ3n) is 4.63. The fourth-order valence-electron chi connectivity index (χ4n) is 3.29. The molecule has 0 amide bonds. The first kappa shape index (κ1) is 16.8. The van der Waals surface area contributed by atoms with Gasteiger partial charge < -0.3 is 4.52 Å². The fourth-order valence-corrected chi connectivity index (χ4v) is 5.13. The van der Waals surface area contributed by atoms with Crippen LogP contribution in [0.25, 0.3) is 0 Å². The number of aromatic nitrogens is 2. The molecule has 0 spiro atoms. The standard InChI is InChI=1S/C14H25N5O3S/c1-12-5-3-4-6-19(12)23(20,21)18-9-7-17(8-10-18)11-14-15-13(2)22-16-14/h12H,3-11H2,1-2H3/t12-/m1/s1. The van der Waals surface area contributed by atoms with E-state index in [0.717, 1.165) is 19.3 Å². The zero-order valence-electron chi connectivity index (χ0n) is 13.8. The second-order valence-corrected chi connectivity index (χ2v) is 8.25. The molecule has 2 aliphatic heterocycles. The van der Waals surface area contributed by atoms with Gasteiger partial charge in [0.25, 0.3) is 10.2 Å². The van der Waals surface area contributed by atoms with E-state index in [9.17, 15) is 8.42 Å². The number of piperazine rings is 1. The molecule has 3 rings (SSSR count). The molecule has 1 atom stereocenters. The number of piperidine rings is 1. The molecule has 2 fully saturated rings. The summed E-state index contributed by atoms with van der Waals surface area (Å²) in [6.45, 7) is 7.43. The van der Waals surface area contributed by atoms with Crippen LogP contribution < -0.4 is 0 Å². The van der Waals surface area contributed by atoms with Crippen LogP contribution in [-0.4, -0.2) is 70.8 Å². The van der Waals surface area contributed by atoms with Gasteiger partial charge in [-0.3, -0.25) is 4.90 Å². The Morgan fingerprint density at radius 3 is 2.52 bits per heavy atom. The minimum absolute atomic E-state index is 0.106. The lowest BCUT2D eigenvalue weighted by Gasteiger charge is -2.39. The molecule has 0 unspecified atom stereocenters. The molecule has 0 radical (unpaired) electrons. The average Bonchev–Trinajstić information content (AvgIpc) is 2.93. The van der Waals surface area contributed by atoms with Gasteiger partial charge in [0.15, 0.2) is 5.82 Å². The molecular weight excluding hydrogens is 318 g/mol. The van der Waals surface area contributed by atoms with Gasteiger partial charge >= 0.3 is 0 Å². The summed E-state index contributed by atoms with van der Waals surface area (Å²) in [6, 6.07) is 0.106. The molecule has 0 N–H and O–H groups in total. The van der Waals surface area contributed by atoms with Crippen molar-refractivity contribution in [2.75, 3.05) is 32.7 Å². The van der Waals surface area contributed by atoms with Gasteiger partial charge in [0, 0.05) is 45.7 Å². The Morgan fingerprint density at radius 1 is 1.17 bits per heavy atom. The van der Waals surface area contributed by atoms with Crippen LogP contribution in [-0.2, 0) is 16.8 Å². The predicted molar refractivity (Wildman–Crippen MR) is 84.8 cm³/mol. The van der Waals surface area contributed by atoms with Crippen molar-refractivity contribution >= 4 is 10.2 Å². The van der Waals surface area contributed by atoms with Gasteiger partial charge in [-0.15, -0.1) is 0 Å². The van der Waals surface area contributed by atoms with Crippen molar-refractivity contribution in [3.63, 3.8) is 0 Å². The topological polar surface area (TPSA) is 82.8 Å². The molecule has 2 saturated heterocycles. The van der Waals surface area contributed by atoms with Gasteiger partial charge in [0.05, 0.1) is 6.54 Å². The lowest BCUT2D eigenvalue weighted by atomic mass is 10.1. The lowest BCUT2D eigenvalue weighted by molar-refractivity contribution is 0.163. The lowest BCUT2D eigenvalue weighted by Crippen LogP contribution is -2.55. The monoisotopic (exact) mass is 343 g/mol. The van der Waals surface area contributed by atoms with Crippen LogP contribution in [0.1, 0.15) is 37.9 Å². The highest BCUT2D eigenvalue weighted by Gasteiger charge is 2.36. The van der Waals surface area contributed by atoms with Crippen LogP contribution in [0.2, 0.25) is 0 Å². The third kappa shape index (κ3) is 3.73. The summed E-state index contributed by atoms with van der Waals surface area (Å²) in [4.78, 5) is 6.36. The van der Waals surface area contributed by atoms with Gasteiger partial charge in [-0.1, -0.05) is 11.6 Å². The summed E-state index contributed by atoms with van der Waals surface area (Å²) in [5.74, 6) is 1.21. The normalized spacial score (nSPS) is 25.7. The maximum Gasteiger partial charge on any atom is 0.282 e. The Morgan fingerprint density at radius 2 is 1.91 bits per heavy atom. The summed E-state index contributed by atoms with van der Waals surface area (Å²) < 4.78 is 33.9. The van der Waals surface area contributed by atoms with Crippen molar-refractivity contribution in [2.24, 2.45) is 0 Å². The Balaban J connectivity index is 1.57. The van der Waals surface area contributed by atoms with E-state index in [-0.39, 0.29) is 6.04 Å². The second-order valence-electron chi connectivity index (χ2n) is 6.37. The Labute approximate surface area is 137 Å². The first-order valence-electron chi connectivity index (χ1n) is 8.25. The van der Waals surface area contributed by atoms with Crippen LogP contribution in [0.15, 0.2) is 4.52 Å². The van der Waals surface area contributed by atoms with Crippen LogP contribution in [0.5, 0.6) is 0 Å². The van der Waals surface area contributed by atoms with E-state index in [4.69, 9.17) is 4.52 Å². The molecule has 0 aliphatic carbocycles. The van der Waals surface area contributed by atoms with Gasteiger partial charge in [-0.05, 0) is 19.8 Å². The van der Waals surface area contributed by atoms with Gasteiger partial charge in [-0.25, -0.2) is 0 Å². The number of aryl methyl sites for hydroxylation is 1. The minimum Gasteiger partial charge on any atom is -0.340 e. The van der Waals surface area contributed by atoms with E-state index in [1.165, 1.54) is 0 Å². The highest BCUT2D eigenvalue weighted by atomic mass is 32.2. The van der Waals surface area contributed by atoms with Crippen LogP contribution >= 0.6 is 0 Å². The summed E-state index contributed by atoms with van der Waals surface area (Å²) in [5, 5.41) is 3.89. The van der Waals surface area contributed by atoms with Crippen molar-refractivity contribution < 1.29 is 12.9 Å². The smallest absolute Gasteiger partial charge is 0.282 e. The highest BCUT2D eigenvalue weighted by molar-refractivity contribution is 7.86. The van der Waals surface area contributed by atoms with Crippen molar-refractivity contribution in [1.29, 1.82) is 0 Å². The van der Waals surface area contributed by atoms with E-state index >= 15 is 0 Å². The maximum atomic E-state index is 12.8. The molecule has 0 aromatic carbocycles. The largest absolute Gasteiger partial charge is 0.340 e. The van der Waals surface area contributed by atoms with E-state index < -0.39 is 10.2 Å². The average molecular weight is 343 g/mol. The Bertz CT molecular complexity index is 624. The van der Waals surface area contributed by atoms with Crippen LogP contribution in [0.4, 0.5) is 0 Å². The SMILES string of the molecule is Cc1nc(CN2CCN(S(=O)(=O)N3CCCC[C@H]3C)CC2)no1. The zero-order chi connectivity index (χ0) is 16.4. The van der Waals surface area contributed by atoms with Crippen molar-refractivity contribution in [3.8, 4) is 0 Å². The Hall–Kier alpha value is -1.03. The highest BCUT2D eigenvalue weighted by Crippen LogP contribution is 2.23. The zero-order valence-corrected chi connectivity index (χ0v) is 14.6. The van der Waals surface area contributed by atoms with Crippen molar-refractivity contribution in [2.45, 2.75) is 45.7 Å². The molecule has 1 aromatic rings. The quantitative estimate of drug-likeness (QED) is 0.797. The number of rotatable bonds is 4. The van der Waals surface area contributed by atoms with Crippen molar-refractivity contribution in [1.82, 2.24) is 23.7 Å². The summed E-state index contributed by atoms with van der Waals surface area (Å²) >= 11 is 0. The van der Waals surface area contributed by atoms with Crippen LogP contribution in [0.3, 0.4) is 0 Å². The minimum atomic E-state index is -3.34. The molecular formula is C14H25N5O3S. The molecule has 23 heavy (non-hydrogen) atoms. The van der Waals surface area contributed by atoms with Gasteiger partial charge in [-0.2, -0.15) is 22.0 Å². The number of nitrogens with zero attached hydrogens (tertiary/aromatic N) is 5. The molecule has 2 aliphatic rings. The molecule has 1 aromatic heterocycles. The fraction of sp³-hybridized carbons (Fsp3) is 0.857. The number of hydrogen-bond donors (Lipinski definition) is 0. The van der Waals surface area contributed by atoms with E-state index in [1.807, 2.05) is 6.92 Å². The third-order valence-corrected chi connectivity index (χ3v) is 6.78. The number of hydrogen-bond acceptors (Lipinski definition) is 6. The molecule has 9 heteroatoms. The van der Waals surface area contributed by atoms with E-state index in [1.54, 1.807) is 15.5 Å². The molecule has 8 nitrogen and oxygen atoms in total. The molecule has 130 valence electrons. The van der Waals surface area contributed by atoms with Crippen LogP contribution in [0, 0.1) is 6.92 Å². The predicted octanol–water partition coefficient (Wildman–Crippen LogP) is 0.615.